The lowest BCUT2D eigenvalue weighted by Crippen LogP contribution is -2.44. The van der Waals surface area contributed by atoms with Crippen LogP contribution in [0.2, 0.25) is 5.28 Å². The second-order valence-corrected chi connectivity index (χ2v) is 8.70. The minimum atomic E-state index is 0.0338. The minimum Gasteiger partial charge on any atom is -0.377 e. The maximum atomic E-state index is 6.29. The molecule has 4 rings (SSSR count). The lowest BCUT2D eigenvalue weighted by molar-refractivity contribution is 0.0985. The Morgan fingerprint density at radius 3 is 2.68 bits per heavy atom. The highest BCUT2D eigenvalue weighted by Crippen LogP contribution is 2.59. The third-order valence-electron chi connectivity index (χ3n) is 4.85. The number of ether oxygens (including phenoxy) is 1. The zero-order valence-electron chi connectivity index (χ0n) is 14.5. The fraction of sp³-hybridized carbons (Fsp3) is 0.474. The third-order valence-corrected chi connectivity index (χ3v) is 6.54. The first-order valence-electron chi connectivity index (χ1n) is 8.71. The normalized spacial score (nSPS) is 22.0. The van der Waals surface area contributed by atoms with Crippen LogP contribution in [0.3, 0.4) is 0 Å². The van der Waals surface area contributed by atoms with Gasteiger partial charge in [-0.2, -0.15) is 0 Å². The van der Waals surface area contributed by atoms with Crippen LogP contribution in [-0.4, -0.2) is 35.8 Å². The molecule has 1 aromatic carbocycles. The molecule has 0 radical (unpaired) electrons. The molecular formula is C19H22ClN3OS. The number of hydrogen-bond donors (Lipinski definition) is 0. The predicted octanol–water partition coefficient (Wildman–Crippen LogP) is 4.44. The third kappa shape index (κ3) is 3.64. The molecule has 1 aliphatic heterocycles. The average Bonchev–Trinajstić information content (AvgIpc) is 3.38. The van der Waals surface area contributed by atoms with Crippen molar-refractivity contribution in [3.63, 3.8) is 0 Å². The SMILES string of the molecule is Cc1ccc(SC2(c3cc(N4CCOC[C@@H]4C)nc(Cl)n3)CC2)cc1. The van der Waals surface area contributed by atoms with Gasteiger partial charge in [0, 0.05) is 17.5 Å². The smallest absolute Gasteiger partial charge is 0.224 e. The Hall–Kier alpha value is -1.30. The number of anilines is 1. The van der Waals surface area contributed by atoms with E-state index >= 15 is 0 Å². The van der Waals surface area contributed by atoms with E-state index in [0.717, 1.165) is 44.1 Å². The van der Waals surface area contributed by atoms with Gasteiger partial charge in [0.1, 0.15) is 5.82 Å². The van der Waals surface area contributed by atoms with E-state index in [1.54, 1.807) is 0 Å². The van der Waals surface area contributed by atoms with Crippen molar-refractivity contribution in [1.29, 1.82) is 0 Å². The molecule has 1 saturated heterocycles. The van der Waals surface area contributed by atoms with Crippen molar-refractivity contribution in [3.8, 4) is 0 Å². The van der Waals surface area contributed by atoms with Gasteiger partial charge >= 0.3 is 0 Å². The maximum Gasteiger partial charge on any atom is 0.224 e. The van der Waals surface area contributed by atoms with Crippen LogP contribution in [0, 0.1) is 6.92 Å². The molecule has 2 heterocycles. The molecule has 0 amide bonds. The molecule has 4 nitrogen and oxygen atoms in total. The molecule has 1 aromatic heterocycles. The number of aromatic nitrogens is 2. The first-order valence-corrected chi connectivity index (χ1v) is 9.90. The van der Waals surface area contributed by atoms with Crippen molar-refractivity contribution < 1.29 is 4.74 Å². The molecule has 25 heavy (non-hydrogen) atoms. The summed E-state index contributed by atoms with van der Waals surface area (Å²) in [5, 5.41) is 0.335. The highest BCUT2D eigenvalue weighted by molar-refractivity contribution is 8.00. The number of hydrogen-bond acceptors (Lipinski definition) is 5. The van der Waals surface area contributed by atoms with Gasteiger partial charge in [-0.3, -0.25) is 0 Å². The molecule has 0 unspecified atom stereocenters. The fourth-order valence-corrected chi connectivity index (χ4v) is 4.63. The highest BCUT2D eigenvalue weighted by Gasteiger charge is 2.47. The summed E-state index contributed by atoms with van der Waals surface area (Å²) in [5.41, 5.74) is 2.33. The van der Waals surface area contributed by atoms with Gasteiger partial charge in [-0.15, -0.1) is 11.8 Å². The summed E-state index contributed by atoms with van der Waals surface area (Å²) < 4.78 is 5.57. The average molecular weight is 376 g/mol. The van der Waals surface area contributed by atoms with E-state index in [1.807, 2.05) is 11.8 Å². The van der Waals surface area contributed by atoms with Crippen LogP contribution < -0.4 is 4.90 Å². The Kier molecular flexibility index (Phi) is 4.65. The first-order chi connectivity index (χ1) is 12.1. The van der Waals surface area contributed by atoms with Crippen molar-refractivity contribution in [3.05, 3.63) is 46.9 Å². The molecule has 0 spiro atoms. The summed E-state index contributed by atoms with van der Waals surface area (Å²) in [4.78, 5) is 12.6. The number of nitrogens with zero attached hydrogens (tertiary/aromatic N) is 3. The van der Waals surface area contributed by atoms with Gasteiger partial charge in [-0.1, -0.05) is 17.7 Å². The van der Waals surface area contributed by atoms with Crippen LogP contribution in [0.1, 0.15) is 31.0 Å². The number of halogens is 1. The lowest BCUT2D eigenvalue weighted by Gasteiger charge is -2.34. The Balaban J connectivity index is 1.62. The number of thioether (sulfide) groups is 1. The maximum absolute atomic E-state index is 6.29. The second kappa shape index (κ2) is 6.78. The minimum absolute atomic E-state index is 0.0338. The molecule has 1 saturated carbocycles. The summed E-state index contributed by atoms with van der Waals surface area (Å²) in [6.07, 6.45) is 2.24. The Labute approximate surface area is 158 Å². The number of aryl methyl sites for hydroxylation is 1. The van der Waals surface area contributed by atoms with Crippen molar-refractivity contribution in [1.82, 2.24) is 9.97 Å². The number of rotatable bonds is 4. The van der Waals surface area contributed by atoms with E-state index < -0.39 is 0 Å². The molecule has 2 fully saturated rings. The van der Waals surface area contributed by atoms with Crippen LogP contribution in [0.4, 0.5) is 5.82 Å². The topological polar surface area (TPSA) is 38.2 Å². The Bertz CT molecular complexity index is 764. The summed E-state index contributed by atoms with van der Waals surface area (Å²) in [7, 11) is 0. The predicted molar refractivity (Wildman–Crippen MR) is 103 cm³/mol. The zero-order valence-corrected chi connectivity index (χ0v) is 16.1. The van der Waals surface area contributed by atoms with Crippen molar-refractivity contribution in [2.24, 2.45) is 0 Å². The van der Waals surface area contributed by atoms with E-state index in [0.29, 0.717) is 11.3 Å². The van der Waals surface area contributed by atoms with Crippen molar-refractivity contribution >= 4 is 29.2 Å². The van der Waals surface area contributed by atoms with Crippen LogP contribution in [0.15, 0.2) is 35.2 Å². The molecule has 2 aromatic rings. The zero-order chi connectivity index (χ0) is 17.4. The standard InChI is InChI=1S/C19H22ClN3OS/c1-13-3-5-15(6-4-13)25-19(7-8-19)16-11-17(22-18(20)21-16)23-9-10-24-12-14(23)2/h3-6,11,14H,7-10,12H2,1-2H3/t14-/m0/s1. The van der Waals surface area contributed by atoms with Crippen LogP contribution in [0.25, 0.3) is 0 Å². The van der Waals surface area contributed by atoms with E-state index in [9.17, 15) is 0 Å². The second-order valence-electron chi connectivity index (χ2n) is 6.91. The molecule has 132 valence electrons. The monoisotopic (exact) mass is 375 g/mol. The Morgan fingerprint density at radius 1 is 1.24 bits per heavy atom. The van der Waals surface area contributed by atoms with E-state index in [1.165, 1.54) is 10.5 Å². The van der Waals surface area contributed by atoms with Gasteiger partial charge in [-0.25, -0.2) is 9.97 Å². The van der Waals surface area contributed by atoms with Gasteiger partial charge in [-0.05, 0) is 50.4 Å². The van der Waals surface area contributed by atoms with Crippen LogP contribution in [0.5, 0.6) is 0 Å². The molecule has 2 aliphatic rings. The van der Waals surface area contributed by atoms with Crippen LogP contribution >= 0.6 is 23.4 Å². The van der Waals surface area contributed by atoms with Gasteiger partial charge < -0.3 is 9.64 Å². The van der Waals surface area contributed by atoms with E-state index in [4.69, 9.17) is 16.3 Å². The number of morpholine rings is 1. The summed E-state index contributed by atoms with van der Waals surface area (Å²) in [5.74, 6) is 0.918. The van der Waals surface area contributed by atoms with Gasteiger partial charge in [0.05, 0.1) is 29.7 Å². The van der Waals surface area contributed by atoms with E-state index in [-0.39, 0.29) is 4.75 Å². The molecule has 1 aliphatic carbocycles. The molecule has 0 bridgehead atoms. The van der Waals surface area contributed by atoms with Gasteiger partial charge in [0.15, 0.2) is 0 Å². The summed E-state index contributed by atoms with van der Waals surface area (Å²) in [6, 6.07) is 11.1. The van der Waals surface area contributed by atoms with Crippen molar-refractivity contribution in [2.75, 3.05) is 24.7 Å². The summed E-state index contributed by atoms with van der Waals surface area (Å²) >= 11 is 8.18. The molecule has 1 atom stereocenters. The van der Waals surface area contributed by atoms with Crippen molar-refractivity contribution in [2.45, 2.75) is 42.4 Å². The highest BCUT2D eigenvalue weighted by atomic mass is 35.5. The molecule has 6 heteroatoms. The number of benzene rings is 1. The Morgan fingerprint density at radius 2 is 2.00 bits per heavy atom. The largest absolute Gasteiger partial charge is 0.377 e. The van der Waals surface area contributed by atoms with E-state index in [2.05, 4.69) is 59.0 Å². The quantitative estimate of drug-likeness (QED) is 0.738. The summed E-state index contributed by atoms with van der Waals surface area (Å²) in [6.45, 7) is 6.56. The van der Waals surface area contributed by atoms with Crippen LogP contribution in [-0.2, 0) is 9.48 Å². The fourth-order valence-electron chi connectivity index (χ4n) is 3.21. The first kappa shape index (κ1) is 17.1. The van der Waals surface area contributed by atoms with Gasteiger partial charge in [0.2, 0.25) is 5.28 Å². The lowest BCUT2D eigenvalue weighted by atomic mass is 10.2. The van der Waals surface area contributed by atoms with Gasteiger partial charge in [0.25, 0.3) is 0 Å². The molecule has 0 N–H and O–H groups in total. The molecular weight excluding hydrogens is 354 g/mol.